The minimum absolute atomic E-state index is 0.359. The Morgan fingerprint density at radius 1 is 1.13 bits per heavy atom. The van der Waals surface area contributed by atoms with Gasteiger partial charge >= 0.3 is 12.1 Å². The van der Waals surface area contributed by atoms with Crippen LogP contribution >= 0.6 is 0 Å². The lowest BCUT2D eigenvalue weighted by atomic mass is 10.1. The molecule has 0 aliphatic carbocycles. The number of alkyl halides is 3. The number of halogens is 3. The zero-order valence-corrected chi connectivity index (χ0v) is 11.9. The lowest BCUT2D eigenvalue weighted by Gasteiger charge is -2.06. The van der Waals surface area contributed by atoms with E-state index in [4.69, 9.17) is 0 Å². The Morgan fingerprint density at radius 3 is 2.26 bits per heavy atom. The molecule has 0 aliphatic rings. The molecule has 2 N–H and O–H groups in total. The van der Waals surface area contributed by atoms with E-state index in [1.165, 1.54) is 25.1 Å². The third-order valence-corrected chi connectivity index (χ3v) is 2.37. The van der Waals surface area contributed by atoms with Crippen molar-refractivity contribution in [3.05, 3.63) is 41.5 Å². The van der Waals surface area contributed by atoms with E-state index < -0.39 is 36.1 Å². The summed E-state index contributed by atoms with van der Waals surface area (Å²) in [5, 5.41) is 0. The summed E-state index contributed by atoms with van der Waals surface area (Å²) in [6.07, 6.45) is -2.22. The van der Waals surface area contributed by atoms with E-state index in [2.05, 4.69) is 4.74 Å². The molecule has 1 rings (SSSR count). The molecule has 9 heteroatoms. The molecule has 0 bridgehead atoms. The van der Waals surface area contributed by atoms with E-state index >= 15 is 0 Å². The quantitative estimate of drug-likeness (QED) is 0.497. The van der Waals surface area contributed by atoms with Crippen molar-refractivity contribution in [3.8, 4) is 0 Å². The maximum absolute atomic E-state index is 12.4. The Kier molecular flexibility index (Phi) is 6.31. The maximum Gasteiger partial charge on any atom is 0.416 e. The van der Waals surface area contributed by atoms with E-state index in [0.717, 1.165) is 18.2 Å². The predicted octanol–water partition coefficient (Wildman–Crippen LogP) is 1.43. The highest BCUT2D eigenvalue weighted by Crippen LogP contribution is 2.29. The van der Waals surface area contributed by atoms with Crippen LogP contribution in [-0.4, -0.2) is 24.4 Å². The van der Waals surface area contributed by atoms with Gasteiger partial charge in [0, 0.05) is 13.0 Å². The molecule has 0 heterocycles. The van der Waals surface area contributed by atoms with Crippen molar-refractivity contribution in [2.75, 3.05) is 6.61 Å². The molecular formula is C14H13F3N2O4. The van der Waals surface area contributed by atoms with Gasteiger partial charge < -0.3 is 4.74 Å². The molecule has 0 aliphatic heterocycles. The molecule has 0 unspecified atom stereocenters. The van der Waals surface area contributed by atoms with E-state index in [-0.39, 0.29) is 0 Å². The number of carbonyl (C=O) groups is 3. The lowest BCUT2D eigenvalue weighted by Crippen LogP contribution is -2.42. The highest BCUT2D eigenvalue weighted by molar-refractivity contribution is 5.89. The Labute approximate surface area is 129 Å². The van der Waals surface area contributed by atoms with Crippen LogP contribution in [0.15, 0.2) is 30.3 Å². The molecule has 0 radical (unpaired) electrons. The number of hydrogen-bond acceptors (Lipinski definition) is 4. The first-order chi connectivity index (χ1) is 10.7. The van der Waals surface area contributed by atoms with E-state index in [1.54, 1.807) is 0 Å². The second-order valence-corrected chi connectivity index (χ2v) is 4.29. The molecule has 2 amide bonds. The van der Waals surface area contributed by atoms with Crippen molar-refractivity contribution in [2.24, 2.45) is 0 Å². The van der Waals surface area contributed by atoms with Crippen molar-refractivity contribution < 1.29 is 32.3 Å². The Morgan fingerprint density at radius 2 is 1.74 bits per heavy atom. The number of hydrogen-bond donors (Lipinski definition) is 2. The van der Waals surface area contributed by atoms with Crippen molar-refractivity contribution in [1.82, 2.24) is 10.9 Å². The second kappa shape index (κ2) is 7.97. The van der Waals surface area contributed by atoms with Crippen LogP contribution in [-0.2, 0) is 25.3 Å². The Bertz CT molecular complexity index is 609. The summed E-state index contributed by atoms with van der Waals surface area (Å²) in [5.41, 5.74) is 3.55. The minimum atomic E-state index is -4.43. The SMILES string of the molecule is CC(=O)NNC(=O)COC(=O)/C=C/c1ccc(C(F)(F)F)cc1. The fourth-order valence-electron chi connectivity index (χ4n) is 1.33. The van der Waals surface area contributed by atoms with Gasteiger partial charge in [0.2, 0.25) is 5.91 Å². The van der Waals surface area contributed by atoms with Gasteiger partial charge in [-0.15, -0.1) is 0 Å². The summed E-state index contributed by atoms with van der Waals surface area (Å²) in [6, 6.07) is 4.14. The van der Waals surface area contributed by atoms with Crippen molar-refractivity contribution in [1.29, 1.82) is 0 Å². The number of esters is 1. The molecule has 0 atom stereocenters. The number of carbonyl (C=O) groups excluding carboxylic acids is 3. The summed E-state index contributed by atoms with van der Waals surface area (Å²) >= 11 is 0. The van der Waals surface area contributed by atoms with Crippen LogP contribution in [0.5, 0.6) is 0 Å². The van der Waals surface area contributed by atoms with E-state index in [9.17, 15) is 27.6 Å². The average Bonchev–Trinajstić information content (AvgIpc) is 2.48. The van der Waals surface area contributed by atoms with Gasteiger partial charge in [0.15, 0.2) is 6.61 Å². The van der Waals surface area contributed by atoms with Gasteiger partial charge in [0.05, 0.1) is 5.56 Å². The monoisotopic (exact) mass is 330 g/mol. The average molecular weight is 330 g/mol. The first-order valence-electron chi connectivity index (χ1n) is 6.26. The molecule has 0 spiro atoms. The topological polar surface area (TPSA) is 84.5 Å². The minimum Gasteiger partial charge on any atom is -0.452 e. The van der Waals surface area contributed by atoms with Gasteiger partial charge in [0.25, 0.3) is 5.91 Å². The molecule has 0 fully saturated rings. The highest BCUT2D eigenvalue weighted by Gasteiger charge is 2.29. The van der Waals surface area contributed by atoms with Crippen LogP contribution in [0.25, 0.3) is 6.08 Å². The van der Waals surface area contributed by atoms with Crippen molar-refractivity contribution in [2.45, 2.75) is 13.1 Å². The normalized spacial score (nSPS) is 11.1. The fraction of sp³-hybridized carbons (Fsp3) is 0.214. The molecule has 23 heavy (non-hydrogen) atoms. The lowest BCUT2D eigenvalue weighted by molar-refractivity contribution is -0.144. The van der Waals surface area contributed by atoms with Crippen molar-refractivity contribution >= 4 is 23.9 Å². The molecule has 0 saturated heterocycles. The second-order valence-electron chi connectivity index (χ2n) is 4.29. The number of benzene rings is 1. The highest BCUT2D eigenvalue weighted by atomic mass is 19.4. The van der Waals surface area contributed by atoms with Crippen LogP contribution in [0.3, 0.4) is 0 Å². The van der Waals surface area contributed by atoms with Crippen LogP contribution in [0.2, 0.25) is 0 Å². The third-order valence-electron chi connectivity index (χ3n) is 2.37. The molecule has 1 aromatic carbocycles. The molecular weight excluding hydrogens is 317 g/mol. The molecule has 0 saturated carbocycles. The Balaban J connectivity index is 2.46. The zero-order chi connectivity index (χ0) is 17.5. The zero-order valence-electron chi connectivity index (χ0n) is 11.9. The van der Waals surface area contributed by atoms with Crippen LogP contribution < -0.4 is 10.9 Å². The van der Waals surface area contributed by atoms with Crippen LogP contribution in [0, 0.1) is 0 Å². The van der Waals surface area contributed by atoms with Crippen LogP contribution in [0.1, 0.15) is 18.1 Å². The van der Waals surface area contributed by atoms with Crippen molar-refractivity contribution in [3.63, 3.8) is 0 Å². The van der Waals surface area contributed by atoms with Gasteiger partial charge in [-0.2, -0.15) is 13.2 Å². The smallest absolute Gasteiger partial charge is 0.416 e. The first-order valence-corrected chi connectivity index (χ1v) is 6.26. The number of hydrazine groups is 1. The third kappa shape index (κ3) is 7.11. The maximum atomic E-state index is 12.4. The summed E-state index contributed by atoms with van der Waals surface area (Å²) in [6.45, 7) is 0.565. The van der Waals surface area contributed by atoms with E-state index in [0.29, 0.717) is 5.56 Å². The predicted molar refractivity (Wildman–Crippen MR) is 73.4 cm³/mol. The van der Waals surface area contributed by atoms with Gasteiger partial charge in [0.1, 0.15) is 0 Å². The largest absolute Gasteiger partial charge is 0.452 e. The van der Waals surface area contributed by atoms with E-state index in [1.807, 2.05) is 10.9 Å². The van der Waals surface area contributed by atoms with Gasteiger partial charge in [-0.05, 0) is 23.8 Å². The number of nitrogens with one attached hydrogen (secondary N) is 2. The number of ether oxygens (including phenoxy) is 1. The number of amides is 2. The van der Waals surface area contributed by atoms with Crippen LogP contribution in [0.4, 0.5) is 13.2 Å². The first kappa shape index (κ1) is 18.2. The molecule has 124 valence electrons. The van der Waals surface area contributed by atoms with Gasteiger partial charge in [-0.1, -0.05) is 12.1 Å². The fourth-order valence-corrected chi connectivity index (χ4v) is 1.33. The standard InChI is InChI=1S/C14H13F3N2O4/c1-9(20)18-19-12(21)8-23-13(22)7-4-10-2-5-11(6-3-10)14(15,16)17/h2-7H,8H2,1H3,(H,18,20)(H,19,21)/b7-4+. The molecule has 1 aromatic rings. The summed E-state index contributed by atoms with van der Waals surface area (Å²) in [7, 11) is 0. The molecule has 0 aromatic heterocycles. The Hall–Kier alpha value is -2.84. The van der Waals surface area contributed by atoms with Gasteiger partial charge in [-0.3, -0.25) is 20.4 Å². The summed E-state index contributed by atoms with van der Waals surface area (Å²) in [5.74, 6) is -2.09. The molecule has 6 nitrogen and oxygen atoms in total. The summed E-state index contributed by atoms with van der Waals surface area (Å²) in [4.78, 5) is 33.0. The van der Waals surface area contributed by atoms with Gasteiger partial charge in [-0.25, -0.2) is 4.79 Å². The number of rotatable bonds is 4. The summed E-state index contributed by atoms with van der Waals surface area (Å²) < 4.78 is 41.7.